The Bertz CT molecular complexity index is 164. The van der Waals surface area contributed by atoms with Gasteiger partial charge in [0, 0.05) is 0 Å². The van der Waals surface area contributed by atoms with Gasteiger partial charge in [-0.3, -0.25) is 0 Å². The van der Waals surface area contributed by atoms with Crippen molar-refractivity contribution in [2.45, 2.75) is 46.1 Å². The number of rotatable bonds is 1. The van der Waals surface area contributed by atoms with Gasteiger partial charge in [0.15, 0.2) is 0 Å². The van der Waals surface area contributed by atoms with E-state index >= 15 is 0 Å². The van der Waals surface area contributed by atoms with Gasteiger partial charge in [0.25, 0.3) is 0 Å². The number of aliphatic hydroxyl groups is 1. The summed E-state index contributed by atoms with van der Waals surface area (Å²) in [6.45, 7) is 6.66. The summed E-state index contributed by atoms with van der Waals surface area (Å²) < 4.78 is 0. The van der Waals surface area contributed by atoms with Crippen LogP contribution < -0.4 is 0 Å². The van der Waals surface area contributed by atoms with Crippen LogP contribution in [0.5, 0.6) is 0 Å². The molecule has 15 heavy (non-hydrogen) atoms. The summed E-state index contributed by atoms with van der Waals surface area (Å²) >= 11 is 7.39. The van der Waals surface area contributed by atoms with E-state index in [4.69, 9.17) is 0 Å². The second-order valence-electron chi connectivity index (χ2n) is 4.59. The molecule has 92 valence electrons. The average Bonchev–Trinajstić information content (AvgIpc) is 2.01. The number of aliphatic hydroxyl groups excluding tert-OH is 1. The zero-order valence-corrected chi connectivity index (χ0v) is 17.3. The molecule has 0 heterocycles. The summed E-state index contributed by atoms with van der Waals surface area (Å²) in [5.41, 5.74) is 0. The van der Waals surface area contributed by atoms with Crippen LogP contribution in [0.25, 0.3) is 0 Å². The van der Waals surface area contributed by atoms with Gasteiger partial charge in [0.2, 0.25) is 0 Å². The van der Waals surface area contributed by atoms with Crippen LogP contribution in [0.15, 0.2) is 0 Å². The molecule has 1 nitrogen and oxygen atoms in total. The molecule has 0 aromatic carbocycles. The van der Waals surface area contributed by atoms with Crippen LogP contribution in [0.3, 0.4) is 0 Å². The minimum atomic E-state index is -0.278. The molecule has 1 aliphatic carbocycles. The molecule has 0 aliphatic heterocycles. The molecular weight excluding hydrogens is 568 g/mol. The van der Waals surface area contributed by atoms with Gasteiger partial charge in [0.05, 0.1) is 6.10 Å². The molecule has 1 rings (SSSR count). The normalized spacial score (nSPS) is 31.4. The van der Waals surface area contributed by atoms with E-state index in [0.717, 1.165) is 12.3 Å². The van der Waals surface area contributed by atoms with E-state index in [0.29, 0.717) is 11.8 Å². The van der Waals surface area contributed by atoms with Crippen molar-refractivity contribution in [3.63, 3.8) is 0 Å². The summed E-state index contributed by atoms with van der Waals surface area (Å²) in [6, 6.07) is 0. The van der Waals surface area contributed by atoms with Crippen molar-refractivity contribution in [2.75, 3.05) is 0 Å². The van der Waals surface area contributed by atoms with Gasteiger partial charge in [-0.1, -0.05) is 27.2 Å². The Hall–Kier alpha value is 2.73. The van der Waals surface area contributed by atoms with Crippen LogP contribution in [0.2, 0.25) is 0 Å². The van der Waals surface area contributed by atoms with Crippen molar-refractivity contribution in [3.05, 3.63) is 0 Å². The predicted molar refractivity (Wildman–Crippen MR) is 89.4 cm³/mol. The SMILES string of the molecule is CC1CCC(C(C)C)C(O)C1.[I][V]([I])[I]. The number of hydrogen-bond acceptors (Lipinski definition) is 1. The van der Waals surface area contributed by atoms with Crippen LogP contribution in [0, 0.1) is 17.8 Å². The first-order valence-electron chi connectivity index (χ1n) is 5.30. The Labute approximate surface area is 132 Å². The zero-order chi connectivity index (χ0) is 12.0. The van der Waals surface area contributed by atoms with Gasteiger partial charge in [-0.25, -0.2) is 0 Å². The van der Waals surface area contributed by atoms with E-state index in [2.05, 4.69) is 80.7 Å². The minimum absolute atomic E-state index is 0.0289. The van der Waals surface area contributed by atoms with E-state index in [1.54, 1.807) is 0 Å². The van der Waals surface area contributed by atoms with Crippen molar-refractivity contribution in [1.29, 1.82) is 0 Å². The number of halogens is 3. The van der Waals surface area contributed by atoms with E-state index in [1.165, 1.54) is 12.8 Å². The maximum atomic E-state index is 9.71. The summed E-state index contributed by atoms with van der Waals surface area (Å²) in [6.07, 6.45) is 3.52. The molecule has 0 bridgehead atoms. The molecule has 0 aromatic rings. The van der Waals surface area contributed by atoms with Crippen LogP contribution in [-0.4, -0.2) is 11.2 Å². The Morgan fingerprint density at radius 3 is 2.00 bits per heavy atom. The Morgan fingerprint density at radius 2 is 1.67 bits per heavy atom. The fourth-order valence-corrected chi connectivity index (χ4v) is 2.15. The van der Waals surface area contributed by atoms with Crippen LogP contribution >= 0.6 is 59.9 Å². The Balaban J connectivity index is 0.000000423. The fraction of sp³-hybridized carbons (Fsp3) is 1.00. The van der Waals surface area contributed by atoms with Gasteiger partial charge in [-0.05, 0) is 30.6 Å². The van der Waals surface area contributed by atoms with E-state index < -0.39 is 0 Å². The van der Waals surface area contributed by atoms with Gasteiger partial charge in [-0.15, -0.1) is 0 Å². The Morgan fingerprint density at radius 1 is 1.20 bits per heavy atom. The maximum absolute atomic E-state index is 9.71. The molecule has 0 saturated heterocycles. The third-order valence-corrected chi connectivity index (χ3v) is 2.99. The average molecular weight is 588 g/mol. The molecule has 0 aromatic heterocycles. The van der Waals surface area contributed by atoms with Crippen LogP contribution in [0.1, 0.15) is 40.0 Å². The third-order valence-electron chi connectivity index (χ3n) is 2.99. The van der Waals surface area contributed by atoms with Crippen LogP contribution in [0.4, 0.5) is 0 Å². The summed E-state index contributed by atoms with van der Waals surface area (Å²) in [5, 5.41) is 9.71. The topological polar surface area (TPSA) is 20.2 Å². The number of hydrogen-bond donors (Lipinski definition) is 1. The van der Waals surface area contributed by atoms with Crippen molar-refractivity contribution < 1.29 is 10.0 Å². The van der Waals surface area contributed by atoms with E-state index in [1.807, 2.05) is 0 Å². The van der Waals surface area contributed by atoms with E-state index in [-0.39, 0.29) is 11.0 Å². The molecule has 0 radical (unpaired) electrons. The van der Waals surface area contributed by atoms with E-state index in [9.17, 15) is 5.11 Å². The van der Waals surface area contributed by atoms with Gasteiger partial charge < -0.3 is 5.11 Å². The first-order valence-corrected chi connectivity index (χ1v) is 18.8. The molecule has 5 heteroatoms. The summed E-state index contributed by atoms with van der Waals surface area (Å²) in [5.74, 6) is 1.95. The second kappa shape index (κ2) is 9.64. The molecule has 1 N–H and O–H groups in total. The van der Waals surface area contributed by atoms with Gasteiger partial charge >= 0.3 is 64.9 Å². The molecule has 1 aliphatic rings. The second-order valence-corrected chi connectivity index (χ2v) is 40.0. The molecule has 1 saturated carbocycles. The van der Waals surface area contributed by atoms with Gasteiger partial charge in [-0.2, -0.15) is 0 Å². The van der Waals surface area contributed by atoms with Crippen molar-refractivity contribution in [3.8, 4) is 0 Å². The molecule has 0 amide bonds. The quantitative estimate of drug-likeness (QED) is 0.424. The molecule has 3 atom stereocenters. The first-order chi connectivity index (χ1) is 6.84. The monoisotopic (exact) mass is 588 g/mol. The molecule has 3 unspecified atom stereocenters. The molecule has 0 spiro atoms. The third kappa shape index (κ3) is 9.33. The molecule has 1 fully saturated rings. The summed E-state index contributed by atoms with van der Waals surface area (Å²) in [7, 11) is 0. The standard InChI is InChI=1S/C10H20O.3HI.V/c1-7(2)9-5-4-8(3)6-10(9)11;;;;/h7-11H,4-6H2,1-3H3;3*1H;/q;;;;+3/p-3. The first kappa shape index (κ1) is 17.7. The van der Waals surface area contributed by atoms with Crippen molar-refractivity contribution in [2.24, 2.45) is 17.8 Å². The van der Waals surface area contributed by atoms with Crippen molar-refractivity contribution in [1.82, 2.24) is 0 Å². The predicted octanol–water partition coefficient (Wildman–Crippen LogP) is 5.09. The van der Waals surface area contributed by atoms with Crippen LogP contribution in [-0.2, 0) is 4.92 Å². The van der Waals surface area contributed by atoms with Crippen molar-refractivity contribution >= 4 is 59.9 Å². The molecular formula is C10H20I3OV. The summed E-state index contributed by atoms with van der Waals surface area (Å²) in [4.78, 5) is -0.278. The zero-order valence-electron chi connectivity index (χ0n) is 9.46. The Kier molecular flexibility index (Phi) is 11.4. The van der Waals surface area contributed by atoms with Gasteiger partial charge in [0.1, 0.15) is 0 Å². The fourth-order valence-electron chi connectivity index (χ4n) is 2.15.